The van der Waals surface area contributed by atoms with Crippen molar-refractivity contribution < 1.29 is 9.59 Å². The molecule has 1 aromatic carbocycles. The average Bonchev–Trinajstić information content (AvgIpc) is 3.03. The van der Waals surface area contributed by atoms with E-state index in [0.717, 1.165) is 6.42 Å². The van der Waals surface area contributed by atoms with Crippen molar-refractivity contribution in [1.82, 2.24) is 4.90 Å². The summed E-state index contributed by atoms with van der Waals surface area (Å²) in [5, 5.41) is 0. The van der Waals surface area contributed by atoms with E-state index >= 15 is 0 Å². The molecule has 0 saturated carbocycles. The molecule has 2 amide bonds. The van der Waals surface area contributed by atoms with Crippen molar-refractivity contribution in [2.75, 3.05) is 6.54 Å². The van der Waals surface area contributed by atoms with Crippen LogP contribution in [0.4, 0.5) is 0 Å². The number of carbonyl (C=O) groups excluding carboxylic acids is 2. The van der Waals surface area contributed by atoms with E-state index in [2.05, 4.69) is 32.0 Å². The van der Waals surface area contributed by atoms with Crippen LogP contribution in [-0.4, -0.2) is 23.3 Å². The lowest BCUT2D eigenvalue weighted by atomic mass is 9.89. The van der Waals surface area contributed by atoms with Gasteiger partial charge in [-0.05, 0) is 41.2 Å². The van der Waals surface area contributed by atoms with Crippen LogP contribution in [0.1, 0.15) is 55.8 Å². The van der Waals surface area contributed by atoms with Crippen LogP contribution >= 0.6 is 11.3 Å². The van der Waals surface area contributed by atoms with Crippen LogP contribution in [0.2, 0.25) is 0 Å². The Hall–Kier alpha value is -2.14. The minimum absolute atomic E-state index is 0.0249. The Bertz CT molecular complexity index is 764. The van der Waals surface area contributed by atoms with E-state index in [9.17, 15) is 9.59 Å². The maximum absolute atomic E-state index is 12.6. The topological polar surface area (TPSA) is 63.4 Å². The molecule has 0 atom stereocenters. The second-order valence-corrected chi connectivity index (χ2v) is 7.23. The first-order valence-corrected chi connectivity index (χ1v) is 8.58. The fraction of sp³-hybridized carbons (Fsp3) is 0.333. The molecule has 1 aliphatic rings. The lowest BCUT2D eigenvalue weighted by Gasteiger charge is -2.30. The van der Waals surface area contributed by atoms with E-state index in [-0.39, 0.29) is 5.91 Å². The van der Waals surface area contributed by atoms with Gasteiger partial charge < -0.3 is 10.6 Å². The molecule has 0 radical (unpaired) electrons. The van der Waals surface area contributed by atoms with Crippen LogP contribution < -0.4 is 5.73 Å². The number of primary amides is 1. The van der Waals surface area contributed by atoms with Gasteiger partial charge in [0.05, 0.1) is 9.75 Å². The highest BCUT2D eigenvalue weighted by molar-refractivity contribution is 7.15. The summed E-state index contributed by atoms with van der Waals surface area (Å²) in [4.78, 5) is 26.7. The standard InChI is InChI=1S/C18H20N2O2S/c1-11(2)13-5-3-4-12-10-20(9-8-14(12)13)18(22)16-7-6-15(23-16)17(19)21/h3-7,11H,8-10H2,1-2H3,(H2,19,21). The summed E-state index contributed by atoms with van der Waals surface area (Å²) in [5.74, 6) is -0.0228. The first-order valence-electron chi connectivity index (χ1n) is 7.77. The van der Waals surface area contributed by atoms with Gasteiger partial charge in [-0.1, -0.05) is 32.0 Å². The third-order valence-electron chi connectivity index (χ3n) is 4.27. The molecule has 23 heavy (non-hydrogen) atoms. The van der Waals surface area contributed by atoms with Crippen LogP contribution in [0.3, 0.4) is 0 Å². The quantitative estimate of drug-likeness (QED) is 0.940. The number of amides is 2. The summed E-state index contributed by atoms with van der Waals surface area (Å²) in [6.45, 7) is 5.73. The molecule has 0 saturated heterocycles. The van der Waals surface area contributed by atoms with Gasteiger partial charge in [0.25, 0.3) is 11.8 Å². The summed E-state index contributed by atoms with van der Waals surface area (Å²) in [7, 11) is 0. The fourth-order valence-corrected chi connectivity index (χ4v) is 3.92. The van der Waals surface area contributed by atoms with Crippen molar-refractivity contribution in [3.63, 3.8) is 0 Å². The number of carbonyl (C=O) groups is 2. The van der Waals surface area contributed by atoms with Crippen LogP contribution in [0.25, 0.3) is 0 Å². The first kappa shape index (κ1) is 15.7. The molecule has 0 aliphatic carbocycles. The lowest BCUT2D eigenvalue weighted by Crippen LogP contribution is -2.36. The highest BCUT2D eigenvalue weighted by atomic mass is 32.1. The van der Waals surface area contributed by atoms with Gasteiger partial charge in [-0.15, -0.1) is 11.3 Å². The summed E-state index contributed by atoms with van der Waals surface area (Å²) >= 11 is 1.17. The number of benzene rings is 1. The van der Waals surface area contributed by atoms with Crippen LogP contribution in [0.5, 0.6) is 0 Å². The molecule has 2 heterocycles. The van der Waals surface area contributed by atoms with Crippen molar-refractivity contribution in [3.05, 3.63) is 56.8 Å². The molecule has 2 N–H and O–H groups in total. The van der Waals surface area contributed by atoms with Gasteiger partial charge >= 0.3 is 0 Å². The number of nitrogens with zero attached hydrogens (tertiary/aromatic N) is 1. The molecule has 5 heteroatoms. The Balaban J connectivity index is 1.82. The molecular formula is C18H20N2O2S. The van der Waals surface area contributed by atoms with Crippen molar-refractivity contribution in [3.8, 4) is 0 Å². The monoisotopic (exact) mass is 328 g/mol. The molecule has 3 rings (SSSR count). The molecule has 1 aromatic heterocycles. The second-order valence-electron chi connectivity index (χ2n) is 6.14. The van der Waals surface area contributed by atoms with Crippen molar-refractivity contribution in [2.24, 2.45) is 5.73 Å². The zero-order valence-electron chi connectivity index (χ0n) is 13.3. The smallest absolute Gasteiger partial charge is 0.264 e. The van der Waals surface area contributed by atoms with Crippen LogP contribution in [-0.2, 0) is 13.0 Å². The average molecular weight is 328 g/mol. The summed E-state index contributed by atoms with van der Waals surface area (Å²) in [5.41, 5.74) is 9.25. The van der Waals surface area contributed by atoms with Gasteiger partial charge in [-0.25, -0.2) is 0 Å². The molecule has 0 spiro atoms. The molecule has 1 aliphatic heterocycles. The Morgan fingerprint density at radius 2 is 1.91 bits per heavy atom. The molecule has 0 fully saturated rings. The minimum Gasteiger partial charge on any atom is -0.365 e. The third-order valence-corrected chi connectivity index (χ3v) is 5.36. The maximum Gasteiger partial charge on any atom is 0.264 e. The van der Waals surface area contributed by atoms with Crippen molar-refractivity contribution in [2.45, 2.75) is 32.7 Å². The number of hydrogen-bond donors (Lipinski definition) is 1. The Morgan fingerprint density at radius 1 is 1.17 bits per heavy atom. The summed E-state index contributed by atoms with van der Waals surface area (Å²) in [6.07, 6.45) is 0.878. The fourth-order valence-electron chi connectivity index (χ4n) is 3.09. The van der Waals surface area contributed by atoms with Crippen LogP contribution in [0.15, 0.2) is 30.3 Å². The number of hydrogen-bond acceptors (Lipinski definition) is 3. The van der Waals surface area contributed by atoms with Gasteiger partial charge in [0.15, 0.2) is 0 Å². The number of thiophene rings is 1. The third kappa shape index (κ3) is 3.01. The molecule has 2 aromatic rings. The second kappa shape index (κ2) is 6.16. The molecule has 0 unspecified atom stereocenters. The largest absolute Gasteiger partial charge is 0.365 e. The van der Waals surface area contributed by atoms with Crippen LogP contribution in [0, 0.1) is 0 Å². The van der Waals surface area contributed by atoms with Gasteiger partial charge in [-0.2, -0.15) is 0 Å². The zero-order valence-corrected chi connectivity index (χ0v) is 14.2. The number of nitrogens with two attached hydrogens (primary N) is 1. The molecule has 4 nitrogen and oxygen atoms in total. The molecule has 120 valence electrons. The lowest BCUT2D eigenvalue weighted by molar-refractivity contribution is 0.0739. The highest BCUT2D eigenvalue weighted by Gasteiger charge is 2.25. The minimum atomic E-state index is -0.486. The number of rotatable bonds is 3. The van der Waals surface area contributed by atoms with Gasteiger partial charge in [0, 0.05) is 13.1 Å². The predicted octanol–water partition coefficient (Wildman–Crippen LogP) is 3.17. The highest BCUT2D eigenvalue weighted by Crippen LogP contribution is 2.29. The summed E-state index contributed by atoms with van der Waals surface area (Å²) < 4.78 is 0. The maximum atomic E-state index is 12.6. The van der Waals surface area contributed by atoms with E-state index in [1.165, 1.54) is 28.0 Å². The SMILES string of the molecule is CC(C)c1cccc2c1CCN(C(=O)c1ccc(C(N)=O)s1)C2. The Kier molecular flexibility index (Phi) is 4.22. The van der Waals surface area contributed by atoms with E-state index in [4.69, 9.17) is 5.73 Å². The van der Waals surface area contributed by atoms with E-state index in [0.29, 0.717) is 28.8 Å². The summed E-state index contributed by atoms with van der Waals surface area (Å²) in [6, 6.07) is 9.66. The molecule has 0 bridgehead atoms. The number of fused-ring (bicyclic) bond motifs is 1. The Labute approximate surface area is 139 Å². The van der Waals surface area contributed by atoms with Crippen molar-refractivity contribution in [1.29, 1.82) is 0 Å². The van der Waals surface area contributed by atoms with E-state index in [1.807, 2.05) is 4.90 Å². The Morgan fingerprint density at radius 3 is 2.57 bits per heavy atom. The normalized spacial score (nSPS) is 14.0. The van der Waals surface area contributed by atoms with E-state index < -0.39 is 5.91 Å². The van der Waals surface area contributed by atoms with Gasteiger partial charge in [0.2, 0.25) is 0 Å². The van der Waals surface area contributed by atoms with Crippen molar-refractivity contribution >= 4 is 23.2 Å². The zero-order chi connectivity index (χ0) is 16.6. The molecular weight excluding hydrogens is 308 g/mol. The van der Waals surface area contributed by atoms with E-state index in [1.54, 1.807) is 12.1 Å². The predicted molar refractivity (Wildman–Crippen MR) is 91.8 cm³/mol. The van der Waals surface area contributed by atoms with Gasteiger partial charge in [0.1, 0.15) is 0 Å². The first-order chi connectivity index (χ1) is 11.0. The van der Waals surface area contributed by atoms with Gasteiger partial charge in [-0.3, -0.25) is 9.59 Å².